The van der Waals surface area contributed by atoms with Crippen LogP contribution in [0.15, 0.2) is 41.3 Å². The standard InChI is InChI=1S/C19H20ClNO5S/c1-2-27(23,24)15-6-4-14(5-7-15)19(22)21-12-13-10-16(20)18-17(11-13)25-8-3-9-26-18/h4-7,10-11H,2-3,8-9,12H2,1H3,(H,21,22). The fourth-order valence-corrected chi connectivity index (χ4v) is 3.82. The number of hydrogen-bond donors (Lipinski definition) is 1. The van der Waals surface area contributed by atoms with Crippen LogP contribution in [0.25, 0.3) is 0 Å². The number of carbonyl (C=O) groups excluding carboxylic acids is 1. The summed E-state index contributed by atoms with van der Waals surface area (Å²) < 4.78 is 34.9. The highest BCUT2D eigenvalue weighted by molar-refractivity contribution is 7.91. The lowest BCUT2D eigenvalue weighted by Crippen LogP contribution is -2.22. The zero-order valence-corrected chi connectivity index (χ0v) is 16.4. The molecule has 0 spiro atoms. The highest BCUT2D eigenvalue weighted by Gasteiger charge is 2.16. The first kappa shape index (κ1) is 19.5. The summed E-state index contributed by atoms with van der Waals surface area (Å²) in [5.74, 6) is 0.803. The van der Waals surface area contributed by atoms with Crippen LogP contribution in [0.5, 0.6) is 11.5 Å². The molecular weight excluding hydrogens is 390 g/mol. The highest BCUT2D eigenvalue weighted by atomic mass is 35.5. The van der Waals surface area contributed by atoms with E-state index in [-0.39, 0.29) is 23.1 Å². The third-order valence-corrected chi connectivity index (χ3v) is 6.20. The molecule has 2 aromatic carbocycles. The summed E-state index contributed by atoms with van der Waals surface area (Å²) in [7, 11) is -3.28. The van der Waals surface area contributed by atoms with E-state index in [1.54, 1.807) is 19.1 Å². The van der Waals surface area contributed by atoms with Gasteiger partial charge in [0.25, 0.3) is 5.91 Å². The van der Waals surface area contributed by atoms with Crippen molar-refractivity contribution in [3.63, 3.8) is 0 Å². The maximum absolute atomic E-state index is 12.3. The molecule has 0 aromatic heterocycles. The van der Waals surface area contributed by atoms with Gasteiger partial charge in [0.05, 0.1) is 28.9 Å². The van der Waals surface area contributed by atoms with Crippen molar-refractivity contribution < 1.29 is 22.7 Å². The van der Waals surface area contributed by atoms with Gasteiger partial charge in [0.2, 0.25) is 0 Å². The van der Waals surface area contributed by atoms with Gasteiger partial charge in [-0.3, -0.25) is 4.79 Å². The largest absolute Gasteiger partial charge is 0.489 e. The second-order valence-electron chi connectivity index (χ2n) is 6.07. The summed E-state index contributed by atoms with van der Waals surface area (Å²) in [6.07, 6.45) is 0.779. The summed E-state index contributed by atoms with van der Waals surface area (Å²) in [6, 6.07) is 9.41. The van der Waals surface area contributed by atoms with Crippen molar-refractivity contribution in [2.75, 3.05) is 19.0 Å². The molecule has 0 atom stereocenters. The first-order chi connectivity index (χ1) is 12.9. The Hall–Kier alpha value is -2.25. The van der Waals surface area contributed by atoms with Crippen LogP contribution in [0, 0.1) is 0 Å². The molecule has 0 saturated heterocycles. The average Bonchev–Trinajstić information content (AvgIpc) is 2.92. The van der Waals surface area contributed by atoms with E-state index in [4.69, 9.17) is 21.1 Å². The summed E-state index contributed by atoms with van der Waals surface area (Å²) in [5.41, 5.74) is 1.16. The van der Waals surface area contributed by atoms with Gasteiger partial charge in [-0.15, -0.1) is 0 Å². The fraction of sp³-hybridized carbons (Fsp3) is 0.316. The Morgan fingerprint density at radius 3 is 2.56 bits per heavy atom. The van der Waals surface area contributed by atoms with Crippen molar-refractivity contribution in [1.82, 2.24) is 5.32 Å². The second kappa shape index (κ2) is 8.19. The van der Waals surface area contributed by atoms with Gasteiger partial charge in [-0.05, 0) is 42.0 Å². The number of rotatable bonds is 5. The number of halogens is 1. The molecule has 0 bridgehead atoms. The van der Waals surface area contributed by atoms with Crippen molar-refractivity contribution in [2.45, 2.75) is 24.8 Å². The molecule has 0 saturated carbocycles. The lowest BCUT2D eigenvalue weighted by Gasteiger charge is -2.12. The number of nitrogens with one attached hydrogen (secondary N) is 1. The Labute approximate surface area is 163 Å². The van der Waals surface area contributed by atoms with E-state index in [9.17, 15) is 13.2 Å². The Bertz CT molecular complexity index is 941. The van der Waals surface area contributed by atoms with Crippen LogP contribution < -0.4 is 14.8 Å². The predicted octanol–water partition coefficient (Wildman–Crippen LogP) is 3.22. The van der Waals surface area contributed by atoms with E-state index in [2.05, 4.69) is 5.32 Å². The Morgan fingerprint density at radius 1 is 1.15 bits per heavy atom. The number of amides is 1. The SMILES string of the molecule is CCS(=O)(=O)c1ccc(C(=O)NCc2cc(Cl)c3c(c2)OCCCO3)cc1. The van der Waals surface area contributed by atoms with E-state index in [0.29, 0.717) is 35.3 Å². The third-order valence-electron chi connectivity index (χ3n) is 4.17. The smallest absolute Gasteiger partial charge is 0.251 e. The van der Waals surface area contributed by atoms with Gasteiger partial charge in [0, 0.05) is 18.5 Å². The van der Waals surface area contributed by atoms with E-state index < -0.39 is 9.84 Å². The van der Waals surface area contributed by atoms with Crippen molar-refractivity contribution in [1.29, 1.82) is 0 Å². The molecule has 0 aliphatic carbocycles. The van der Waals surface area contributed by atoms with E-state index >= 15 is 0 Å². The number of carbonyl (C=O) groups is 1. The summed E-state index contributed by atoms with van der Waals surface area (Å²) in [5, 5.41) is 3.23. The number of fused-ring (bicyclic) bond motifs is 1. The minimum Gasteiger partial charge on any atom is -0.489 e. The van der Waals surface area contributed by atoms with Gasteiger partial charge in [-0.1, -0.05) is 18.5 Å². The van der Waals surface area contributed by atoms with Crippen LogP contribution >= 0.6 is 11.6 Å². The lowest BCUT2D eigenvalue weighted by atomic mass is 10.1. The van der Waals surface area contributed by atoms with Crippen molar-refractivity contribution in [2.24, 2.45) is 0 Å². The minimum atomic E-state index is -3.28. The minimum absolute atomic E-state index is 0.0173. The number of sulfone groups is 1. The molecule has 2 aromatic rings. The van der Waals surface area contributed by atoms with Crippen molar-refractivity contribution >= 4 is 27.3 Å². The zero-order chi connectivity index (χ0) is 19.4. The topological polar surface area (TPSA) is 81.7 Å². The van der Waals surface area contributed by atoms with Gasteiger partial charge in [0.1, 0.15) is 0 Å². The highest BCUT2D eigenvalue weighted by Crippen LogP contribution is 2.37. The van der Waals surface area contributed by atoms with Crippen LogP contribution in [-0.2, 0) is 16.4 Å². The van der Waals surface area contributed by atoms with Gasteiger partial charge in [0.15, 0.2) is 21.3 Å². The molecule has 6 nitrogen and oxygen atoms in total. The van der Waals surface area contributed by atoms with Gasteiger partial charge < -0.3 is 14.8 Å². The molecule has 1 amide bonds. The first-order valence-corrected chi connectivity index (χ1v) is 10.6. The molecule has 1 aliphatic rings. The fourth-order valence-electron chi connectivity index (χ4n) is 2.65. The van der Waals surface area contributed by atoms with Crippen LogP contribution in [0.3, 0.4) is 0 Å². The molecule has 8 heteroatoms. The molecule has 0 fully saturated rings. The van der Waals surface area contributed by atoms with E-state index in [1.807, 2.05) is 0 Å². The lowest BCUT2D eigenvalue weighted by molar-refractivity contribution is 0.0950. The Kier molecular flexibility index (Phi) is 5.92. The van der Waals surface area contributed by atoms with Crippen LogP contribution in [0.4, 0.5) is 0 Å². The van der Waals surface area contributed by atoms with Gasteiger partial charge >= 0.3 is 0 Å². The Morgan fingerprint density at radius 2 is 1.85 bits per heavy atom. The summed E-state index contributed by atoms with van der Waals surface area (Å²) in [4.78, 5) is 12.5. The Balaban J connectivity index is 1.69. The normalized spacial score (nSPS) is 13.7. The molecule has 144 valence electrons. The first-order valence-electron chi connectivity index (χ1n) is 8.60. The number of ether oxygens (including phenoxy) is 2. The van der Waals surface area contributed by atoms with Gasteiger partial charge in [-0.2, -0.15) is 0 Å². The molecular formula is C19H20ClNO5S. The summed E-state index contributed by atoms with van der Waals surface area (Å²) >= 11 is 6.25. The molecule has 27 heavy (non-hydrogen) atoms. The second-order valence-corrected chi connectivity index (χ2v) is 8.75. The van der Waals surface area contributed by atoms with Crippen LogP contribution in [-0.4, -0.2) is 33.3 Å². The molecule has 1 heterocycles. The van der Waals surface area contributed by atoms with E-state index in [1.165, 1.54) is 24.3 Å². The van der Waals surface area contributed by atoms with E-state index in [0.717, 1.165) is 12.0 Å². The van der Waals surface area contributed by atoms with Crippen molar-refractivity contribution in [3.8, 4) is 11.5 Å². The predicted molar refractivity (Wildman–Crippen MR) is 102 cm³/mol. The van der Waals surface area contributed by atoms with Gasteiger partial charge in [-0.25, -0.2) is 8.42 Å². The maximum Gasteiger partial charge on any atom is 0.251 e. The molecule has 0 unspecified atom stereocenters. The quantitative estimate of drug-likeness (QED) is 0.819. The third kappa shape index (κ3) is 4.54. The molecule has 3 rings (SSSR count). The monoisotopic (exact) mass is 409 g/mol. The molecule has 1 N–H and O–H groups in total. The molecule has 1 aliphatic heterocycles. The van der Waals surface area contributed by atoms with Crippen LogP contribution in [0.2, 0.25) is 5.02 Å². The number of hydrogen-bond acceptors (Lipinski definition) is 5. The van der Waals surface area contributed by atoms with Crippen LogP contribution in [0.1, 0.15) is 29.3 Å². The molecule has 0 radical (unpaired) electrons. The number of benzene rings is 2. The summed E-state index contributed by atoms with van der Waals surface area (Å²) in [6.45, 7) is 2.93. The van der Waals surface area contributed by atoms with Crippen molar-refractivity contribution in [3.05, 3.63) is 52.5 Å². The maximum atomic E-state index is 12.3. The zero-order valence-electron chi connectivity index (χ0n) is 14.8. The average molecular weight is 410 g/mol.